The van der Waals surface area contributed by atoms with Crippen LogP contribution in [0.25, 0.3) is 10.4 Å². The molecule has 0 aliphatic heterocycles. The summed E-state index contributed by atoms with van der Waals surface area (Å²) in [6.45, 7) is -0.0716. The second kappa shape index (κ2) is 5.59. The monoisotopic (exact) mass is 223 g/mol. The molecule has 0 saturated heterocycles. The van der Waals surface area contributed by atoms with Crippen molar-refractivity contribution >= 4 is 0 Å². The van der Waals surface area contributed by atoms with Gasteiger partial charge in [0.15, 0.2) is 11.6 Å². The zero-order valence-corrected chi connectivity index (χ0v) is 8.37. The highest BCUT2D eigenvalue weighted by atomic mass is 19.1. The first kappa shape index (κ1) is 11.8. The fraction of sp³-hybridized carbons (Fsp3) is 0.200. The molecule has 0 aromatic heterocycles. The first-order chi connectivity index (χ1) is 7.69. The van der Waals surface area contributed by atoms with Crippen LogP contribution in [-0.4, -0.2) is 13.7 Å². The van der Waals surface area contributed by atoms with Gasteiger partial charge in [-0.2, -0.15) is 0 Å². The highest BCUT2D eigenvalue weighted by molar-refractivity contribution is 5.47. The molecular weight excluding hydrogens is 216 g/mol. The Morgan fingerprint density at radius 3 is 2.88 bits per heavy atom. The molecule has 0 amide bonds. The van der Waals surface area contributed by atoms with E-state index in [2.05, 4.69) is 21.9 Å². The normalized spacial score (nSPS) is 8.69. The third-order valence-corrected chi connectivity index (χ3v) is 1.65. The van der Waals surface area contributed by atoms with Crippen molar-refractivity contribution in [3.8, 4) is 17.6 Å². The molecule has 0 fully saturated rings. The maximum atomic E-state index is 13.2. The van der Waals surface area contributed by atoms with Gasteiger partial charge in [-0.3, -0.25) is 0 Å². The van der Waals surface area contributed by atoms with Crippen molar-refractivity contribution in [3.05, 3.63) is 39.8 Å². The summed E-state index contributed by atoms with van der Waals surface area (Å²) in [4.78, 5) is 2.49. The van der Waals surface area contributed by atoms with Crippen molar-refractivity contribution in [2.24, 2.45) is 5.11 Å². The van der Waals surface area contributed by atoms with Crippen LogP contribution < -0.4 is 4.74 Å². The standard InChI is InChI=1S/C10H7F2N3O/c1-16-10-7(3-2-4-14-15-13)5-8(11)6-9(10)12/h5-6H,4H2,1H3. The molecule has 0 heterocycles. The van der Waals surface area contributed by atoms with Gasteiger partial charge in [0.25, 0.3) is 0 Å². The SMILES string of the molecule is COc1c(F)cc(F)cc1C#CCN=[N+]=[N-]. The first-order valence-corrected chi connectivity index (χ1v) is 4.21. The Kier molecular flexibility index (Phi) is 4.13. The number of hydrogen-bond acceptors (Lipinski definition) is 2. The van der Waals surface area contributed by atoms with Crippen LogP contribution in [0, 0.1) is 23.5 Å². The fourth-order valence-electron chi connectivity index (χ4n) is 1.06. The van der Waals surface area contributed by atoms with E-state index in [1.54, 1.807) is 0 Å². The lowest BCUT2D eigenvalue weighted by molar-refractivity contribution is 0.383. The summed E-state index contributed by atoms with van der Waals surface area (Å²) in [6, 6.07) is 1.75. The summed E-state index contributed by atoms with van der Waals surface area (Å²) in [5, 5.41) is 3.17. The van der Waals surface area contributed by atoms with Crippen molar-refractivity contribution in [1.82, 2.24) is 0 Å². The van der Waals surface area contributed by atoms with E-state index >= 15 is 0 Å². The molecular formula is C10H7F2N3O. The Labute approximate surface area is 90.5 Å². The average Bonchev–Trinajstić information content (AvgIpc) is 2.24. The van der Waals surface area contributed by atoms with E-state index in [4.69, 9.17) is 10.3 Å². The molecule has 0 aliphatic rings. The fourth-order valence-corrected chi connectivity index (χ4v) is 1.06. The predicted molar refractivity (Wildman–Crippen MR) is 53.8 cm³/mol. The minimum absolute atomic E-state index is 0.0716. The minimum Gasteiger partial charge on any atom is -0.492 e. The topological polar surface area (TPSA) is 58.0 Å². The number of halogens is 2. The Hall–Kier alpha value is -2.25. The second-order valence-electron chi connectivity index (χ2n) is 2.66. The Morgan fingerprint density at radius 2 is 2.25 bits per heavy atom. The first-order valence-electron chi connectivity index (χ1n) is 4.21. The van der Waals surface area contributed by atoms with E-state index in [1.807, 2.05) is 0 Å². The Morgan fingerprint density at radius 1 is 1.50 bits per heavy atom. The average molecular weight is 223 g/mol. The molecule has 1 rings (SSSR count). The Bertz CT molecular complexity index is 499. The molecule has 0 aliphatic carbocycles. The molecule has 0 atom stereocenters. The summed E-state index contributed by atoms with van der Waals surface area (Å²) in [7, 11) is 1.26. The number of azide groups is 1. The molecule has 1 aromatic rings. The van der Waals surface area contributed by atoms with Gasteiger partial charge in [-0.15, -0.1) is 0 Å². The van der Waals surface area contributed by atoms with Crippen LogP contribution >= 0.6 is 0 Å². The lowest BCUT2D eigenvalue weighted by atomic mass is 10.2. The zero-order chi connectivity index (χ0) is 12.0. The van der Waals surface area contributed by atoms with E-state index in [0.29, 0.717) is 6.07 Å². The predicted octanol–water partition coefficient (Wildman–Crippen LogP) is 2.64. The number of nitrogens with zero attached hydrogens (tertiary/aromatic N) is 3. The highest BCUT2D eigenvalue weighted by Gasteiger charge is 2.09. The number of benzene rings is 1. The molecule has 0 unspecified atom stereocenters. The van der Waals surface area contributed by atoms with Crippen LogP contribution in [-0.2, 0) is 0 Å². The van der Waals surface area contributed by atoms with Gasteiger partial charge >= 0.3 is 0 Å². The van der Waals surface area contributed by atoms with Crippen molar-refractivity contribution < 1.29 is 13.5 Å². The van der Waals surface area contributed by atoms with Crippen molar-refractivity contribution in [3.63, 3.8) is 0 Å². The van der Waals surface area contributed by atoms with Crippen molar-refractivity contribution in [2.75, 3.05) is 13.7 Å². The van der Waals surface area contributed by atoms with Gasteiger partial charge in [0, 0.05) is 11.0 Å². The van der Waals surface area contributed by atoms with Crippen molar-refractivity contribution in [2.45, 2.75) is 0 Å². The maximum Gasteiger partial charge on any atom is 0.170 e. The largest absolute Gasteiger partial charge is 0.492 e. The van der Waals surface area contributed by atoms with Crippen LogP contribution in [0.3, 0.4) is 0 Å². The molecule has 1 aromatic carbocycles. The smallest absolute Gasteiger partial charge is 0.170 e. The third-order valence-electron chi connectivity index (χ3n) is 1.65. The van der Waals surface area contributed by atoms with E-state index in [1.165, 1.54) is 7.11 Å². The minimum atomic E-state index is -0.824. The second-order valence-corrected chi connectivity index (χ2v) is 2.66. The van der Waals surface area contributed by atoms with Crippen LogP contribution in [0.4, 0.5) is 8.78 Å². The van der Waals surface area contributed by atoms with Crippen LogP contribution in [0.2, 0.25) is 0 Å². The van der Waals surface area contributed by atoms with Crippen molar-refractivity contribution in [1.29, 1.82) is 0 Å². The quantitative estimate of drug-likeness (QED) is 0.329. The van der Waals surface area contributed by atoms with Gasteiger partial charge in [-0.1, -0.05) is 17.0 Å². The summed E-state index contributed by atoms with van der Waals surface area (Å²) in [5.41, 5.74) is 8.08. The van der Waals surface area contributed by atoms with Crippen LogP contribution in [0.5, 0.6) is 5.75 Å². The molecule has 0 bridgehead atoms. The lowest BCUT2D eigenvalue weighted by Gasteiger charge is -2.04. The third kappa shape index (κ3) is 2.87. The summed E-state index contributed by atoms with van der Waals surface area (Å²) < 4.78 is 30.8. The molecule has 0 spiro atoms. The molecule has 0 radical (unpaired) electrons. The highest BCUT2D eigenvalue weighted by Crippen LogP contribution is 2.22. The number of rotatable bonds is 2. The van der Waals surface area contributed by atoms with Crippen LogP contribution in [0.1, 0.15) is 5.56 Å². The van der Waals surface area contributed by atoms with E-state index in [9.17, 15) is 8.78 Å². The summed E-state index contributed by atoms with van der Waals surface area (Å²) in [6.07, 6.45) is 0. The molecule has 0 saturated carbocycles. The van der Waals surface area contributed by atoms with Gasteiger partial charge in [-0.25, -0.2) is 8.78 Å². The van der Waals surface area contributed by atoms with Gasteiger partial charge in [-0.05, 0) is 11.6 Å². The summed E-state index contributed by atoms with van der Waals surface area (Å²) in [5.74, 6) is 3.21. The molecule has 82 valence electrons. The van der Waals surface area contributed by atoms with E-state index in [-0.39, 0.29) is 17.9 Å². The molecule has 4 nitrogen and oxygen atoms in total. The Balaban J connectivity index is 3.09. The summed E-state index contributed by atoms with van der Waals surface area (Å²) >= 11 is 0. The maximum absolute atomic E-state index is 13.2. The van der Waals surface area contributed by atoms with Gasteiger partial charge in [0.05, 0.1) is 19.2 Å². The van der Waals surface area contributed by atoms with Crippen LogP contribution in [0.15, 0.2) is 17.2 Å². The molecule has 16 heavy (non-hydrogen) atoms. The van der Waals surface area contributed by atoms with E-state index in [0.717, 1.165) is 6.07 Å². The van der Waals surface area contributed by atoms with Gasteiger partial charge in [0.2, 0.25) is 0 Å². The number of methoxy groups -OCH3 is 1. The molecule has 6 heteroatoms. The molecule has 0 N–H and O–H groups in total. The van der Waals surface area contributed by atoms with Gasteiger partial charge < -0.3 is 4.74 Å². The lowest BCUT2D eigenvalue weighted by Crippen LogP contribution is -1.94. The number of hydrogen-bond donors (Lipinski definition) is 0. The zero-order valence-electron chi connectivity index (χ0n) is 8.37. The number of ether oxygens (including phenoxy) is 1. The van der Waals surface area contributed by atoms with E-state index < -0.39 is 11.6 Å². The van der Waals surface area contributed by atoms with Gasteiger partial charge in [0.1, 0.15) is 5.82 Å².